The summed E-state index contributed by atoms with van der Waals surface area (Å²) in [7, 11) is 0. The molecular formula is C10H10N2. The Hall–Kier alpha value is -1.44. The molecule has 0 bridgehead atoms. The summed E-state index contributed by atoms with van der Waals surface area (Å²) in [6, 6.07) is 8.60. The van der Waals surface area contributed by atoms with Gasteiger partial charge in [0.05, 0.1) is 12.4 Å². The quantitative estimate of drug-likeness (QED) is 0.613. The lowest BCUT2D eigenvalue weighted by atomic mass is 10.1. The van der Waals surface area contributed by atoms with E-state index in [1.54, 1.807) is 0 Å². The molecule has 0 radical (unpaired) electrons. The summed E-state index contributed by atoms with van der Waals surface area (Å²) in [5.41, 5.74) is 4.19. The molecule has 0 unspecified atom stereocenters. The fourth-order valence-corrected chi connectivity index (χ4v) is 1.93. The molecule has 2 aliphatic rings. The Morgan fingerprint density at radius 3 is 3.17 bits per heavy atom. The van der Waals surface area contributed by atoms with Gasteiger partial charge < -0.3 is 10.2 Å². The van der Waals surface area contributed by atoms with E-state index in [9.17, 15) is 0 Å². The van der Waals surface area contributed by atoms with Gasteiger partial charge in [-0.15, -0.1) is 0 Å². The van der Waals surface area contributed by atoms with Crippen molar-refractivity contribution in [2.45, 2.75) is 6.54 Å². The summed E-state index contributed by atoms with van der Waals surface area (Å²) >= 11 is 0. The van der Waals surface area contributed by atoms with E-state index >= 15 is 0 Å². The van der Waals surface area contributed by atoms with Crippen LogP contribution in [0.1, 0.15) is 11.1 Å². The van der Waals surface area contributed by atoms with Crippen molar-refractivity contribution in [2.24, 2.45) is 0 Å². The molecule has 2 heterocycles. The first-order valence-corrected chi connectivity index (χ1v) is 4.22. The van der Waals surface area contributed by atoms with Crippen molar-refractivity contribution in [1.82, 2.24) is 10.2 Å². The molecule has 2 nitrogen and oxygen atoms in total. The summed E-state index contributed by atoms with van der Waals surface area (Å²) in [4.78, 5) is 2.35. The maximum absolute atomic E-state index is 3.23. The molecule has 0 aliphatic carbocycles. The van der Waals surface area contributed by atoms with Crippen LogP contribution in [0.15, 0.2) is 30.5 Å². The van der Waals surface area contributed by atoms with Crippen molar-refractivity contribution in [2.75, 3.05) is 6.67 Å². The summed E-state index contributed by atoms with van der Waals surface area (Å²) in [5.74, 6) is 0. The average molecular weight is 158 g/mol. The Morgan fingerprint density at radius 2 is 2.17 bits per heavy atom. The fourth-order valence-electron chi connectivity index (χ4n) is 1.93. The van der Waals surface area contributed by atoms with Crippen LogP contribution in [0.25, 0.3) is 5.70 Å². The van der Waals surface area contributed by atoms with Crippen molar-refractivity contribution in [3.8, 4) is 0 Å². The van der Waals surface area contributed by atoms with Crippen LogP contribution >= 0.6 is 0 Å². The minimum Gasteiger partial charge on any atom is -0.372 e. The van der Waals surface area contributed by atoms with E-state index in [1.807, 2.05) is 0 Å². The second-order valence-electron chi connectivity index (χ2n) is 3.25. The van der Waals surface area contributed by atoms with E-state index in [-0.39, 0.29) is 0 Å². The van der Waals surface area contributed by atoms with Gasteiger partial charge in [-0.05, 0) is 5.56 Å². The number of hydrogen-bond donors (Lipinski definition) is 1. The van der Waals surface area contributed by atoms with Gasteiger partial charge in [-0.3, -0.25) is 0 Å². The lowest BCUT2D eigenvalue weighted by molar-refractivity contribution is 0.421. The van der Waals surface area contributed by atoms with Gasteiger partial charge in [-0.2, -0.15) is 0 Å². The third kappa shape index (κ3) is 0.644. The third-order valence-electron chi connectivity index (χ3n) is 2.52. The predicted molar refractivity (Wildman–Crippen MR) is 48.0 cm³/mol. The SMILES string of the molecule is C1=C2c3ccccc3CN2CN1. The molecule has 1 aromatic rings. The molecule has 12 heavy (non-hydrogen) atoms. The monoisotopic (exact) mass is 158 g/mol. The first-order chi connectivity index (χ1) is 5.95. The molecule has 3 rings (SSSR count). The van der Waals surface area contributed by atoms with Crippen molar-refractivity contribution in [3.05, 3.63) is 41.6 Å². The predicted octanol–water partition coefficient (Wildman–Crippen LogP) is 1.36. The van der Waals surface area contributed by atoms with E-state index in [4.69, 9.17) is 0 Å². The Balaban J connectivity index is 2.20. The lowest BCUT2D eigenvalue weighted by Gasteiger charge is -2.10. The molecule has 0 fully saturated rings. The lowest BCUT2D eigenvalue weighted by Crippen LogP contribution is -2.18. The smallest absolute Gasteiger partial charge is 0.0876 e. The third-order valence-corrected chi connectivity index (χ3v) is 2.52. The maximum Gasteiger partial charge on any atom is 0.0876 e. The fraction of sp³-hybridized carbons (Fsp3) is 0.200. The van der Waals surface area contributed by atoms with Gasteiger partial charge in [0.2, 0.25) is 0 Å². The molecule has 0 spiro atoms. The molecule has 0 atom stereocenters. The van der Waals surface area contributed by atoms with Gasteiger partial charge in [0.15, 0.2) is 0 Å². The second kappa shape index (κ2) is 2.03. The molecule has 1 N–H and O–H groups in total. The molecule has 2 aliphatic heterocycles. The molecular weight excluding hydrogens is 148 g/mol. The van der Waals surface area contributed by atoms with Crippen molar-refractivity contribution >= 4 is 5.70 Å². The Morgan fingerprint density at radius 1 is 1.25 bits per heavy atom. The van der Waals surface area contributed by atoms with Crippen LogP contribution in [-0.2, 0) is 6.54 Å². The van der Waals surface area contributed by atoms with Crippen LogP contribution in [0.3, 0.4) is 0 Å². The normalized spacial score (nSPS) is 18.3. The highest BCUT2D eigenvalue weighted by Crippen LogP contribution is 2.33. The van der Waals surface area contributed by atoms with Gasteiger partial charge in [0.25, 0.3) is 0 Å². The number of rotatable bonds is 0. The molecule has 0 saturated heterocycles. The van der Waals surface area contributed by atoms with Crippen LogP contribution in [0.4, 0.5) is 0 Å². The Kier molecular flexibility index (Phi) is 1.04. The van der Waals surface area contributed by atoms with Crippen molar-refractivity contribution < 1.29 is 0 Å². The van der Waals surface area contributed by atoms with Crippen LogP contribution in [-0.4, -0.2) is 11.6 Å². The number of hydrogen-bond acceptors (Lipinski definition) is 2. The number of nitrogens with one attached hydrogen (secondary N) is 1. The summed E-state index contributed by atoms with van der Waals surface area (Å²) < 4.78 is 0. The highest BCUT2D eigenvalue weighted by Gasteiger charge is 2.25. The van der Waals surface area contributed by atoms with E-state index in [1.165, 1.54) is 16.8 Å². The van der Waals surface area contributed by atoms with E-state index in [0.717, 1.165) is 13.2 Å². The topological polar surface area (TPSA) is 15.3 Å². The highest BCUT2D eigenvalue weighted by molar-refractivity contribution is 5.71. The molecule has 2 heteroatoms. The number of benzene rings is 1. The zero-order valence-corrected chi connectivity index (χ0v) is 6.75. The summed E-state index contributed by atoms with van der Waals surface area (Å²) in [6.45, 7) is 2.03. The minimum atomic E-state index is 0.962. The first kappa shape index (κ1) is 6.12. The highest BCUT2D eigenvalue weighted by atomic mass is 15.3. The summed E-state index contributed by atoms with van der Waals surface area (Å²) in [5, 5.41) is 3.23. The standard InChI is InChI=1S/C10H10N2/c1-2-4-9-8(3-1)6-12-7-11-5-10(9)12/h1-5,11H,6-7H2. The van der Waals surface area contributed by atoms with Gasteiger partial charge in [0, 0.05) is 18.3 Å². The largest absolute Gasteiger partial charge is 0.372 e. The van der Waals surface area contributed by atoms with Crippen LogP contribution in [0.5, 0.6) is 0 Å². The van der Waals surface area contributed by atoms with E-state index < -0.39 is 0 Å². The molecule has 0 saturated carbocycles. The van der Waals surface area contributed by atoms with Crippen molar-refractivity contribution in [1.29, 1.82) is 0 Å². The van der Waals surface area contributed by atoms with E-state index in [2.05, 4.69) is 40.7 Å². The number of fused-ring (bicyclic) bond motifs is 3. The average Bonchev–Trinajstić information content (AvgIpc) is 2.62. The van der Waals surface area contributed by atoms with Crippen LogP contribution in [0.2, 0.25) is 0 Å². The van der Waals surface area contributed by atoms with Gasteiger partial charge in [0.1, 0.15) is 0 Å². The minimum absolute atomic E-state index is 0.962. The Labute approximate surface area is 71.5 Å². The second-order valence-corrected chi connectivity index (χ2v) is 3.25. The van der Waals surface area contributed by atoms with E-state index in [0.29, 0.717) is 0 Å². The maximum atomic E-state index is 3.23. The summed E-state index contributed by atoms with van der Waals surface area (Å²) in [6.07, 6.45) is 2.10. The van der Waals surface area contributed by atoms with Gasteiger partial charge in [-0.25, -0.2) is 0 Å². The zero-order chi connectivity index (χ0) is 7.97. The van der Waals surface area contributed by atoms with Gasteiger partial charge in [-0.1, -0.05) is 24.3 Å². The van der Waals surface area contributed by atoms with Gasteiger partial charge >= 0.3 is 0 Å². The number of nitrogens with zero attached hydrogens (tertiary/aromatic N) is 1. The first-order valence-electron chi connectivity index (χ1n) is 4.22. The molecule has 0 amide bonds. The van der Waals surface area contributed by atoms with Crippen LogP contribution < -0.4 is 5.32 Å². The Bertz CT molecular complexity index is 355. The van der Waals surface area contributed by atoms with Crippen molar-refractivity contribution in [3.63, 3.8) is 0 Å². The molecule has 60 valence electrons. The zero-order valence-electron chi connectivity index (χ0n) is 6.75. The van der Waals surface area contributed by atoms with Crippen LogP contribution in [0, 0.1) is 0 Å². The molecule has 0 aromatic heterocycles. The molecule has 1 aromatic carbocycles.